The predicted molar refractivity (Wildman–Crippen MR) is 136 cm³/mol. The molecule has 2 amide bonds. The molecule has 35 heavy (non-hydrogen) atoms. The minimum Gasteiger partial charge on any atom is -0.493 e. The van der Waals surface area contributed by atoms with Crippen LogP contribution in [0.4, 0.5) is 5.13 Å². The van der Waals surface area contributed by atoms with Crippen molar-refractivity contribution in [3.63, 3.8) is 0 Å². The minimum atomic E-state index is -0.255. The van der Waals surface area contributed by atoms with Gasteiger partial charge in [0.1, 0.15) is 5.69 Å². The zero-order valence-electron chi connectivity index (χ0n) is 20.3. The number of thiazole rings is 2. The second kappa shape index (κ2) is 10.6. The second-order valence-electron chi connectivity index (χ2n) is 8.13. The van der Waals surface area contributed by atoms with Gasteiger partial charge < -0.3 is 19.1 Å². The van der Waals surface area contributed by atoms with Gasteiger partial charge in [0.25, 0.3) is 11.8 Å². The zero-order chi connectivity index (χ0) is 25.1. The third-order valence-corrected chi connectivity index (χ3v) is 8.07. The summed E-state index contributed by atoms with van der Waals surface area (Å²) in [6, 6.07) is 3.41. The number of carbonyl (C=O) groups excluding carboxylic acids is 2. The summed E-state index contributed by atoms with van der Waals surface area (Å²) in [6.07, 6.45) is 1.53. The van der Waals surface area contributed by atoms with E-state index in [1.807, 2.05) is 18.7 Å². The van der Waals surface area contributed by atoms with Crippen LogP contribution in [0.25, 0.3) is 0 Å². The number of amides is 2. The van der Waals surface area contributed by atoms with Gasteiger partial charge in [-0.1, -0.05) is 0 Å². The van der Waals surface area contributed by atoms with Crippen molar-refractivity contribution in [2.75, 3.05) is 39.7 Å². The number of likely N-dealkylation sites (tertiary alicyclic amines) is 1. The molecule has 11 heteroatoms. The molecule has 0 radical (unpaired) electrons. The van der Waals surface area contributed by atoms with E-state index in [1.165, 1.54) is 44.0 Å². The zero-order valence-corrected chi connectivity index (χ0v) is 22.0. The van der Waals surface area contributed by atoms with Crippen LogP contribution in [0.3, 0.4) is 0 Å². The highest BCUT2D eigenvalue weighted by molar-refractivity contribution is 7.15. The van der Waals surface area contributed by atoms with Crippen LogP contribution in [-0.2, 0) is 0 Å². The number of piperidine rings is 1. The van der Waals surface area contributed by atoms with Gasteiger partial charge in [-0.05, 0) is 38.8 Å². The summed E-state index contributed by atoms with van der Waals surface area (Å²) >= 11 is 2.93. The van der Waals surface area contributed by atoms with Crippen molar-refractivity contribution < 1.29 is 23.8 Å². The fourth-order valence-corrected chi connectivity index (χ4v) is 5.82. The number of aromatic nitrogens is 2. The lowest BCUT2D eigenvalue weighted by Crippen LogP contribution is -2.38. The van der Waals surface area contributed by atoms with Crippen molar-refractivity contribution in [3.8, 4) is 17.2 Å². The number of benzene rings is 1. The maximum Gasteiger partial charge on any atom is 0.276 e. The number of nitrogens with one attached hydrogen (secondary N) is 1. The number of rotatable bonds is 7. The van der Waals surface area contributed by atoms with Gasteiger partial charge in [-0.25, -0.2) is 9.97 Å². The lowest BCUT2D eigenvalue weighted by molar-refractivity contribution is 0.0708. The van der Waals surface area contributed by atoms with Crippen molar-refractivity contribution in [3.05, 3.63) is 44.3 Å². The Kier molecular flexibility index (Phi) is 7.56. The van der Waals surface area contributed by atoms with Crippen molar-refractivity contribution in [2.24, 2.45) is 0 Å². The van der Waals surface area contributed by atoms with Crippen LogP contribution >= 0.6 is 22.7 Å². The second-order valence-corrected chi connectivity index (χ2v) is 10.2. The van der Waals surface area contributed by atoms with Crippen molar-refractivity contribution in [2.45, 2.75) is 32.6 Å². The largest absolute Gasteiger partial charge is 0.493 e. The maximum absolute atomic E-state index is 13.3. The third kappa shape index (κ3) is 5.10. The lowest BCUT2D eigenvalue weighted by atomic mass is 9.97. The minimum absolute atomic E-state index is 0.116. The third-order valence-electron chi connectivity index (χ3n) is 6.07. The lowest BCUT2D eigenvalue weighted by Gasteiger charge is -2.31. The number of hydrogen-bond donors (Lipinski definition) is 1. The Bertz CT molecular complexity index is 1210. The number of carbonyl (C=O) groups is 2. The predicted octanol–water partition coefficient (Wildman–Crippen LogP) is 4.51. The number of hydrogen-bond acceptors (Lipinski definition) is 9. The first kappa shape index (κ1) is 24.9. The summed E-state index contributed by atoms with van der Waals surface area (Å²) in [5, 5.41) is 6.11. The van der Waals surface area contributed by atoms with Crippen LogP contribution < -0.4 is 19.5 Å². The summed E-state index contributed by atoms with van der Waals surface area (Å²) in [4.78, 5) is 37.7. The average Bonchev–Trinajstić information content (AvgIpc) is 3.49. The van der Waals surface area contributed by atoms with E-state index < -0.39 is 0 Å². The molecule has 3 heterocycles. The van der Waals surface area contributed by atoms with E-state index in [0.29, 0.717) is 46.7 Å². The van der Waals surface area contributed by atoms with E-state index in [1.54, 1.807) is 17.5 Å². The van der Waals surface area contributed by atoms with E-state index in [9.17, 15) is 9.59 Å². The highest BCUT2D eigenvalue weighted by Crippen LogP contribution is 2.41. The monoisotopic (exact) mass is 516 g/mol. The van der Waals surface area contributed by atoms with Gasteiger partial charge in [-0.3, -0.25) is 14.9 Å². The van der Waals surface area contributed by atoms with Crippen LogP contribution in [0.15, 0.2) is 17.5 Å². The molecule has 1 N–H and O–H groups in total. The molecule has 2 aromatic heterocycles. The molecule has 0 bridgehead atoms. The number of aryl methyl sites for hydroxylation is 2. The summed E-state index contributed by atoms with van der Waals surface area (Å²) in [7, 11) is 4.56. The van der Waals surface area contributed by atoms with E-state index in [4.69, 9.17) is 14.2 Å². The first-order chi connectivity index (χ1) is 16.9. The van der Waals surface area contributed by atoms with Gasteiger partial charge in [-0.2, -0.15) is 0 Å². The molecule has 0 spiro atoms. The van der Waals surface area contributed by atoms with Gasteiger partial charge in [0.2, 0.25) is 5.75 Å². The summed E-state index contributed by atoms with van der Waals surface area (Å²) < 4.78 is 16.2. The van der Waals surface area contributed by atoms with Crippen LogP contribution in [0.2, 0.25) is 0 Å². The molecule has 0 unspecified atom stereocenters. The molecule has 1 saturated heterocycles. The molecule has 0 aliphatic carbocycles. The van der Waals surface area contributed by atoms with Crippen molar-refractivity contribution in [1.29, 1.82) is 0 Å². The van der Waals surface area contributed by atoms with Crippen molar-refractivity contribution in [1.82, 2.24) is 14.9 Å². The van der Waals surface area contributed by atoms with Crippen molar-refractivity contribution >= 4 is 39.6 Å². The van der Waals surface area contributed by atoms with Gasteiger partial charge in [0, 0.05) is 29.3 Å². The van der Waals surface area contributed by atoms with Gasteiger partial charge in [-0.15, -0.1) is 22.7 Å². The highest BCUT2D eigenvalue weighted by Gasteiger charge is 2.30. The summed E-state index contributed by atoms with van der Waals surface area (Å²) in [5.74, 6) is 1.09. The van der Waals surface area contributed by atoms with E-state index in [-0.39, 0.29) is 17.7 Å². The van der Waals surface area contributed by atoms with Crippen LogP contribution in [0, 0.1) is 13.8 Å². The van der Waals surface area contributed by atoms with E-state index in [0.717, 1.165) is 28.4 Å². The van der Waals surface area contributed by atoms with E-state index in [2.05, 4.69) is 15.3 Å². The quantitative estimate of drug-likeness (QED) is 0.493. The molecule has 1 fully saturated rings. The Morgan fingerprint density at radius 3 is 2.34 bits per heavy atom. The Hall–Kier alpha value is -3.18. The molecule has 1 aliphatic heterocycles. The average molecular weight is 517 g/mol. The van der Waals surface area contributed by atoms with Gasteiger partial charge in [0.15, 0.2) is 16.6 Å². The van der Waals surface area contributed by atoms with Gasteiger partial charge >= 0.3 is 0 Å². The summed E-state index contributed by atoms with van der Waals surface area (Å²) in [5.41, 5.74) is 1.74. The molecule has 186 valence electrons. The fourth-order valence-electron chi connectivity index (χ4n) is 4.04. The Morgan fingerprint density at radius 1 is 1.03 bits per heavy atom. The normalized spacial score (nSPS) is 14.0. The number of nitrogens with zero attached hydrogens (tertiary/aromatic N) is 3. The standard InChI is InChI=1S/C24H28N4O5S2/c1-13-14(2)35-24(25-13)27-21(29)17-12-34-22(26-17)15-8-10-28(11-9-15)23(30)16-6-7-18(31-3)20(33-5)19(16)32-4/h6-7,12,15H,8-11H2,1-5H3,(H,25,27,29). The molecular formula is C24H28N4O5S2. The molecular weight excluding hydrogens is 488 g/mol. The molecule has 1 aliphatic rings. The highest BCUT2D eigenvalue weighted by atomic mass is 32.1. The SMILES string of the molecule is COc1ccc(C(=O)N2CCC(c3nc(C(=O)Nc4nc(C)c(C)s4)cs3)CC2)c(OC)c1OC. The number of methoxy groups -OCH3 is 3. The molecule has 3 aromatic rings. The topological polar surface area (TPSA) is 103 Å². The maximum atomic E-state index is 13.3. The Morgan fingerprint density at radius 2 is 1.74 bits per heavy atom. The van der Waals surface area contributed by atoms with Crippen LogP contribution in [0.5, 0.6) is 17.2 Å². The summed E-state index contributed by atoms with van der Waals surface area (Å²) in [6.45, 7) is 5.06. The fraction of sp³-hybridized carbons (Fsp3) is 0.417. The molecule has 0 atom stereocenters. The van der Waals surface area contributed by atoms with Crippen LogP contribution in [0.1, 0.15) is 55.2 Å². The first-order valence-corrected chi connectivity index (χ1v) is 12.8. The number of anilines is 1. The van der Waals surface area contributed by atoms with Gasteiger partial charge in [0.05, 0.1) is 37.6 Å². The first-order valence-electron chi connectivity index (χ1n) is 11.1. The van der Waals surface area contributed by atoms with Crippen LogP contribution in [-0.4, -0.2) is 61.1 Å². The number of ether oxygens (including phenoxy) is 3. The Balaban J connectivity index is 1.40. The Labute approximate surface area is 212 Å². The molecule has 4 rings (SSSR count). The molecule has 1 aromatic carbocycles. The molecule has 0 saturated carbocycles. The van der Waals surface area contributed by atoms with E-state index >= 15 is 0 Å². The smallest absolute Gasteiger partial charge is 0.276 e. The molecule has 9 nitrogen and oxygen atoms in total.